The smallest absolute Gasteiger partial charge is 0.330 e. The van der Waals surface area contributed by atoms with E-state index in [1.165, 1.54) is 6.92 Å². The molecule has 16 heteroatoms. The molecular formula is C22H36ClF2N4O8P. The number of halogens is 3. The maximum atomic E-state index is 14.0. The maximum Gasteiger partial charge on any atom is 0.330 e. The summed E-state index contributed by atoms with van der Waals surface area (Å²) in [6.45, 7) is 8.10. The Bertz CT molecular complexity index is 1010. The summed E-state index contributed by atoms with van der Waals surface area (Å²) < 4.78 is 49.9. The van der Waals surface area contributed by atoms with Crippen LogP contribution >= 0.6 is 20.1 Å². The standard InChI is InChI=1S/C18H26ClF2N4O7P.C4H10O/c1-10(2)31-15(28)11(3)24-33(22-6-7-26)30-9-18(16(20)21)5-4-13(32-18)25-8-12(19)14(27)23-17(25)29;1-4(2)5-3/h7-8,10-11,13,16,22,24H,4-6,9H2,1-3H3,(H,23,27,29);4H,1-3H3. The van der Waals surface area contributed by atoms with E-state index in [9.17, 15) is 28.0 Å². The van der Waals surface area contributed by atoms with E-state index in [1.54, 1.807) is 21.0 Å². The van der Waals surface area contributed by atoms with Gasteiger partial charge in [-0.05, 0) is 47.5 Å². The second-order valence-electron chi connectivity index (χ2n) is 8.84. The van der Waals surface area contributed by atoms with Crippen LogP contribution < -0.4 is 21.4 Å². The predicted octanol–water partition coefficient (Wildman–Crippen LogP) is 2.51. The van der Waals surface area contributed by atoms with Crippen LogP contribution in [0.2, 0.25) is 5.02 Å². The first kappa shape index (κ1) is 34.2. The Hall–Kier alpha value is -1.80. The molecule has 3 N–H and O–H groups in total. The largest absolute Gasteiger partial charge is 0.462 e. The average molecular weight is 589 g/mol. The third-order valence-electron chi connectivity index (χ3n) is 5.06. The van der Waals surface area contributed by atoms with Gasteiger partial charge in [-0.2, -0.15) is 0 Å². The van der Waals surface area contributed by atoms with Crippen molar-refractivity contribution in [1.29, 1.82) is 0 Å². The van der Waals surface area contributed by atoms with Crippen molar-refractivity contribution in [3.8, 4) is 0 Å². The normalized spacial score (nSPS) is 20.8. The van der Waals surface area contributed by atoms with E-state index in [1.807, 2.05) is 18.8 Å². The van der Waals surface area contributed by atoms with Crippen LogP contribution in [0.25, 0.3) is 0 Å². The van der Waals surface area contributed by atoms with Crippen molar-refractivity contribution in [2.75, 3.05) is 20.3 Å². The van der Waals surface area contributed by atoms with Crippen molar-refractivity contribution in [2.45, 2.75) is 84.0 Å². The number of esters is 1. The molecule has 2 rings (SSSR count). The van der Waals surface area contributed by atoms with Gasteiger partial charge in [0.2, 0.25) is 0 Å². The number of hydrogen-bond acceptors (Lipinski definition) is 10. The Balaban J connectivity index is 0.00000132. The number of carbonyl (C=O) groups excluding carboxylic acids is 2. The Labute approximate surface area is 225 Å². The number of aldehydes is 1. The van der Waals surface area contributed by atoms with Gasteiger partial charge >= 0.3 is 11.7 Å². The third-order valence-corrected chi connectivity index (χ3v) is 6.81. The van der Waals surface area contributed by atoms with Crippen molar-refractivity contribution in [1.82, 2.24) is 19.7 Å². The number of alkyl halides is 2. The van der Waals surface area contributed by atoms with Crippen LogP contribution in [0.4, 0.5) is 8.78 Å². The highest BCUT2D eigenvalue weighted by Crippen LogP contribution is 2.42. The SMILES string of the molecule is CC(C)OC(=O)C(C)NP(NCC=O)OCC1(C(F)F)CCC(n2cc(Cl)c(=O)[nH]c2=O)O1.COC(C)C. The Morgan fingerprint density at radius 1 is 1.32 bits per heavy atom. The van der Waals surface area contributed by atoms with E-state index < -0.39 is 56.6 Å². The van der Waals surface area contributed by atoms with E-state index in [-0.39, 0.29) is 30.5 Å². The summed E-state index contributed by atoms with van der Waals surface area (Å²) >= 11 is 5.74. The molecule has 1 aromatic heterocycles. The number of aromatic amines is 1. The fourth-order valence-electron chi connectivity index (χ4n) is 2.94. The van der Waals surface area contributed by atoms with Crippen LogP contribution in [0.3, 0.4) is 0 Å². The maximum absolute atomic E-state index is 14.0. The molecule has 0 saturated carbocycles. The summed E-state index contributed by atoms with van der Waals surface area (Å²) in [5.74, 6) is -0.580. The third kappa shape index (κ3) is 10.8. The van der Waals surface area contributed by atoms with Gasteiger partial charge in [-0.1, -0.05) is 11.6 Å². The first-order chi connectivity index (χ1) is 17.8. The number of carbonyl (C=O) groups is 2. The molecule has 2 heterocycles. The second kappa shape index (κ2) is 16.3. The quantitative estimate of drug-likeness (QED) is 0.178. The zero-order valence-corrected chi connectivity index (χ0v) is 23.8. The molecule has 0 radical (unpaired) electrons. The summed E-state index contributed by atoms with van der Waals surface area (Å²) in [7, 11) is -0.204. The first-order valence-electron chi connectivity index (χ1n) is 11.8. The zero-order valence-electron chi connectivity index (χ0n) is 22.2. The molecule has 1 fully saturated rings. The molecule has 12 nitrogen and oxygen atoms in total. The summed E-state index contributed by atoms with van der Waals surface area (Å²) in [5, 5.41) is 5.19. The van der Waals surface area contributed by atoms with E-state index in [0.717, 1.165) is 10.8 Å². The lowest BCUT2D eigenvalue weighted by molar-refractivity contribution is -0.165. The number of nitrogens with zero attached hydrogens (tertiary/aromatic N) is 1. The highest BCUT2D eigenvalue weighted by atomic mass is 35.5. The molecular weight excluding hydrogens is 553 g/mol. The van der Waals surface area contributed by atoms with Gasteiger partial charge in [0.25, 0.3) is 12.0 Å². The Morgan fingerprint density at radius 3 is 2.47 bits per heavy atom. The summed E-state index contributed by atoms with van der Waals surface area (Å²) in [6, 6.07) is -0.848. The van der Waals surface area contributed by atoms with Crippen LogP contribution in [0.15, 0.2) is 15.8 Å². The second-order valence-corrected chi connectivity index (χ2v) is 10.7. The van der Waals surface area contributed by atoms with Crippen LogP contribution in [-0.4, -0.2) is 72.3 Å². The Morgan fingerprint density at radius 2 is 1.95 bits per heavy atom. The summed E-state index contributed by atoms with van der Waals surface area (Å²) in [6.07, 6.45) is -2.62. The fourth-order valence-corrected chi connectivity index (χ4v) is 4.40. The molecule has 0 aliphatic carbocycles. The average Bonchev–Trinajstić information content (AvgIpc) is 3.28. The van der Waals surface area contributed by atoms with Crippen molar-refractivity contribution >= 4 is 32.3 Å². The molecule has 4 unspecified atom stereocenters. The van der Waals surface area contributed by atoms with Crippen LogP contribution in [0, 0.1) is 0 Å². The zero-order chi connectivity index (χ0) is 29.0. The van der Waals surface area contributed by atoms with E-state index in [4.69, 9.17) is 30.3 Å². The molecule has 1 aliphatic heterocycles. The lowest BCUT2D eigenvalue weighted by atomic mass is 10.0. The number of hydrogen-bond donors (Lipinski definition) is 3. The van der Waals surface area contributed by atoms with E-state index >= 15 is 0 Å². The summed E-state index contributed by atoms with van der Waals surface area (Å²) in [4.78, 5) is 48.3. The molecule has 0 amide bonds. The molecule has 1 aliphatic rings. The van der Waals surface area contributed by atoms with Gasteiger partial charge in [0, 0.05) is 13.3 Å². The van der Waals surface area contributed by atoms with E-state index in [0.29, 0.717) is 12.4 Å². The number of nitrogens with one attached hydrogen (secondary N) is 3. The molecule has 0 aromatic carbocycles. The highest BCUT2D eigenvalue weighted by Gasteiger charge is 2.49. The number of H-pyrrole nitrogens is 1. The fraction of sp³-hybridized carbons (Fsp3) is 0.727. The molecule has 38 heavy (non-hydrogen) atoms. The first-order valence-corrected chi connectivity index (χ1v) is 13.5. The van der Waals surface area contributed by atoms with Crippen LogP contribution in [0.1, 0.15) is 53.7 Å². The van der Waals surface area contributed by atoms with Gasteiger partial charge in [-0.25, -0.2) is 18.7 Å². The Kier molecular flexibility index (Phi) is 14.7. The van der Waals surface area contributed by atoms with Gasteiger partial charge < -0.3 is 23.5 Å². The molecule has 0 bridgehead atoms. The van der Waals surface area contributed by atoms with Crippen LogP contribution in [-0.2, 0) is 28.3 Å². The van der Waals surface area contributed by atoms with Gasteiger partial charge in [0.05, 0.1) is 25.4 Å². The van der Waals surface area contributed by atoms with Gasteiger partial charge in [-0.3, -0.25) is 24.2 Å². The molecule has 0 spiro atoms. The van der Waals surface area contributed by atoms with Crippen molar-refractivity contribution in [3.05, 3.63) is 32.1 Å². The van der Waals surface area contributed by atoms with Gasteiger partial charge in [0.15, 0.2) is 14.1 Å². The number of ether oxygens (including phenoxy) is 3. The molecule has 218 valence electrons. The lowest BCUT2D eigenvalue weighted by Crippen LogP contribution is -2.44. The lowest BCUT2D eigenvalue weighted by Gasteiger charge is -2.31. The molecule has 1 saturated heterocycles. The van der Waals surface area contributed by atoms with Gasteiger partial charge in [-0.15, -0.1) is 0 Å². The minimum absolute atomic E-state index is 0.0280. The number of rotatable bonds is 13. The van der Waals surface area contributed by atoms with E-state index in [2.05, 4.69) is 10.2 Å². The molecule has 4 atom stereocenters. The molecule has 1 aromatic rings. The highest BCUT2D eigenvalue weighted by molar-refractivity contribution is 7.48. The van der Waals surface area contributed by atoms with Crippen LogP contribution in [0.5, 0.6) is 0 Å². The van der Waals surface area contributed by atoms with Gasteiger partial charge in [0.1, 0.15) is 23.6 Å². The number of aromatic nitrogens is 2. The summed E-state index contributed by atoms with van der Waals surface area (Å²) in [5.41, 5.74) is -3.73. The monoisotopic (exact) mass is 588 g/mol. The predicted molar refractivity (Wildman–Crippen MR) is 137 cm³/mol. The van der Waals surface area contributed by atoms with Crippen molar-refractivity contribution in [2.24, 2.45) is 0 Å². The van der Waals surface area contributed by atoms with Crippen molar-refractivity contribution in [3.63, 3.8) is 0 Å². The topological polar surface area (TPSA) is 150 Å². The minimum atomic E-state index is -2.98. The van der Waals surface area contributed by atoms with Crippen molar-refractivity contribution < 1.29 is 37.1 Å². The number of methoxy groups -OCH3 is 1. The minimum Gasteiger partial charge on any atom is -0.462 e.